The summed E-state index contributed by atoms with van der Waals surface area (Å²) in [5, 5.41) is 0.934. The number of fused-ring (bicyclic) bond motifs is 1. The molecule has 2 heterocycles. The number of carbonyl (C=O) groups excluding carboxylic acids is 2. The number of amides is 2. The summed E-state index contributed by atoms with van der Waals surface area (Å²) in [6.45, 7) is 2.57. The summed E-state index contributed by atoms with van der Waals surface area (Å²) in [5.74, 6) is -0.0428. The Hall–Kier alpha value is -1.26. The highest BCUT2D eigenvalue weighted by atomic mass is 35.5. The van der Waals surface area contributed by atoms with Crippen molar-refractivity contribution in [1.82, 2.24) is 4.90 Å². The van der Waals surface area contributed by atoms with E-state index in [-0.39, 0.29) is 17.9 Å². The molecule has 0 spiro atoms. The van der Waals surface area contributed by atoms with E-state index in [0.29, 0.717) is 28.7 Å². The van der Waals surface area contributed by atoms with Crippen molar-refractivity contribution in [1.29, 1.82) is 0 Å². The van der Waals surface area contributed by atoms with Crippen molar-refractivity contribution in [2.24, 2.45) is 0 Å². The normalized spacial score (nSPS) is 25.5. The van der Waals surface area contributed by atoms with E-state index in [1.807, 2.05) is 6.92 Å². The Kier molecular flexibility index (Phi) is 3.84. The Balaban J connectivity index is 2.08. The van der Waals surface area contributed by atoms with Crippen molar-refractivity contribution in [3.8, 4) is 0 Å². The number of piperazine rings is 1. The molecule has 0 radical (unpaired) electrons. The number of hydrogen-bond acceptors (Lipinski definition) is 2. The highest BCUT2D eigenvalue weighted by Gasteiger charge is 2.48. The molecule has 1 aromatic rings. The van der Waals surface area contributed by atoms with Crippen LogP contribution in [-0.4, -0.2) is 35.3 Å². The first-order valence-corrected chi connectivity index (χ1v) is 7.88. The molecule has 0 aliphatic carbocycles. The van der Waals surface area contributed by atoms with E-state index in [1.54, 1.807) is 28.0 Å². The SMILES string of the molecule is CCC1C(=O)N2CCCC2C(=O)N1c1cc(Cl)ccc1Cl. The number of halogens is 2. The summed E-state index contributed by atoms with van der Waals surface area (Å²) in [5.41, 5.74) is 0.529. The number of anilines is 1. The minimum atomic E-state index is -0.497. The summed E-state index contributed by atoms with van der Waals surface area (Å²) >= 11 is 12.3. The lowest BCUT2D eigenvalue weighted by Gasteiger charge is -2.42. The van der Waals surface area contributed by atoms with E-state index in [9.17, 15) is 9.59 Å². The van der Waals surface area contributed by atoms with Gasteiger partial charge in [-0.2, -0.15) is 0 Å². The fourth-order valence-corrected chi connectivity index (χ4v) is 3.59. The van der Waals surface area contributed by atoms with Gasteiger partial charge in [0.1, 0.15) is 12.1 Å². The van der Waals surface area contributed by atoms with E-state index in [1.165, 1.54) is 0 Å². The van der Waals surface area contributed by atoms with Crippen LogP contribution in [0.15, 0.2) is 18.2 Å². The molecule has 2 aliphatic heterocycles. The Morgan fingerprint density at radius 2 is 2.00 bits per heavy atom. The van der Waals surface area contributed by atoms with E-state index in [4.69, 9.17) is 23.2 Å². The Bertz CT molecular complexity index is 605. The third-order valence-corrected chi connectivity index (χ3v) is 4.76. The zero-order valence-electron chi connectivity index (χ0n) is 11.7. The molecule has 2 unspecified atom stereocenters. The van der Waals surface area contributed by atoms with Gasteiger partial charge in [0.05, 0.1) is 10.7 Å². The number of nitrogens with zero attached hydrogens (tertiary/aromatic N) is 2. The Labute approximate surface area is 133 Å². The average Bonchev–Trinajstić information content (AvgIpc) is 2.95. The molecule has 0 N–H and O–H groups in total. The number of rotatable bonds is 2. The van der Waals surface area contributed by atoms with Crippen LogP contribution in [0.5, 0.6) is 0 Å². The maximum Gasteiger partial charge on any atom is 0.250 e. The van der Waals surface area contributed by atoms with Crippen LogP contribution in [0.4, 0.5) is 5.69 Å². The molecule has 112 valence electrons. The third kappa shape index (κ3) is 2.30. The smallest absolute Gasteiger partial charge is 0.250 e. The monoisotopic (exact) mass is 326 g/mol. The van der Waals surface area contributed by atoms with Crippen molar-refractivity contribution in [3.05, 3.63) is 28.2 Å². The summed E-state index contributed by atoms with van der Waals surface area (Å²) in [7, 11) is 0. The third-order valence-electron chi connectivity index (χ3n) is 4.21. The molecular formula is C15H16Cl2N2O2. The van der Waals surface area contributed by atoms with E-state index in [2.05, 4.69) is 0 Å². The molecule has 0 bridgehead atoms. The van der Waals surface area contributed by atoms with Crippen LogP contribution in [-0.2, 0) is 9.59 Å². The van der Waals surface area contributed by atoms with Crippen LogP contribution in [0.2, 0.25) is 10.0 Å². The van der Waals surface area contributed by atoms with Crippen LogP contribution >= 0.6 is 23.2 Å². The molecular weight excluding hydrogens is 311 g/mol. The molecule has 2 fully saturated rings. The molecule has 21 heavy (non-hydrogen) atoms. The molecule has 2 saturated heterocycles. The largest absolute Gasteiger partial charge is 0.329 e. The van der Waals surface area contributed by atoms with Crippen molar-refractivity contribution in [2.75, 3.05) is 11.4 Å². The fraction of sp³-hybridized carbons (Fsp3) is 0.467. The van der Waals surface area contributed by atoms with Gasteiger partial charge in [-0.3, -0.25) is 14.5 Å². The molecule has 2 amide bonds. The van der Waals surface area contributed by atoms with Crippen molar-refractivity contribution >= 4 is 40.7 Å². The summed E-state index contributed by atoms with van der Waals surface area (Å²) in [6, 6.07) is 4.14. The summed E-state index contributed by atoms with van der Waals surface area (Å²) in [4.78, 5) is 28.7. The second kappa shape index (κ2) is 5.50. The van der Waals surface area contributed by atoms with Gasteiger partial charge in [-0.15, -0.1) is 0 Å². The van der Waals surface area contributed by atoms with Crippen LogP contribution in [0.3, 0.4) is 0 Å². The lowest BCUT2D eigenvalue weighted by molar-refractivity contribution is -0.144. The number of benzene rings is 1. The van der Waals surface area contributed by atoms with Gasteiger partial charge in [0.2, 0.25) is 5.91 Å². The highest BCUT2D eigenvalue weighted by Crippen LogP contribution is 2.36. The lowest BCUT2D eigenvalue weighted by atomic mass is 10.0. The van der Waals surface area contributed by atoms with Gasteiger partial charge >= 0.3 is 0 Å². The van der Waals surface area contributed by atoms with E-state index >= 15 is 0 Å². The van der Waals surface area contributed by atoms with E-state index < -0.39 is 6.04 Å². The zero-order chi connectivity index (χ0) is 15.1. The molecule has 2 aliphatic rings. The Morgan fingerprint density at radius 3 is 2.71 bits per heavy atom. The van der Waals surface area contributed by atoms with Gasteiger partial charge in [0.25, 0.3) is 5.91 Å². The van der Waals surface area contributed by atoms with Crippen LogP contribution < -0.4 is 4.90 Å². The van der Waals surface area contributed by atoms with Crippen LogP contribution in [0.1, 0.15) is 26.2 Å². The predicted octanol–water partition coefficient (Wildman–Crippen LogP) is 3.11. The summed E-state index contributed by atoms with van der Waals surface area (Å²) < 4.78 is 0. The van der Waals surface area contributed by atoms with Gasteiger partial charge in [-0.25, -0.2) is 0 Å². The maximum absolute atomic E-state index is 12.8. The molecule has 1 aromatic carbocycles. The van der Waals surface area contributed by atoms with Gasteiger partial charge in [0.15, 0.2) is 0 Å². The second-order valence-corrected chi connectivity index (χ2v) is 6.26. The van der Waals surface area contributed by atoms with Crippen molar-refractivity contribution in [2.45, 2.75) is 38.3 Å². The standard InChI is InChI=1S/C15H16Cl2N2O2/c1-2-11-14(20)18-7-3-4-12(18)15(21)19(11)13-8-9(16)5-6-10(13)17/h5-6,8,11-12H,2-4,7H2,1H3. The van der Waals surface area contributed by atoms with E-state index in [0.717, 1.165) is 12.8 Å². The predicted molar refractivity (Wildman–Crippen MR) is 82.8 cm³/mol. The van der Waals surface area contributed by atoms with Gasteiger partial charge in [-0.1, -0.05) is 30.1 Å². The quantitative estimate of drug-likeness (QED) is 0.837. The van der Waals surface area contributed by atoms with Crippen molar-refractivity contribution < 1.29 is 9.59 Å². The molecule has 6 heteroatoms. The highest BCUT2D eigenvalue weighted by molar-refractivity contribution is 6.36. The molecule has 3 rings (SSSR count). The topological polar surface area (TPSA) is 40.6 Å². The molecule has 4 nitrogen and oxygen atoms in total. The first-order valence-electron chi connectivity index (χ1n) is 7.13. The summed E-state index contributed by atoms with van der Waals surface area (Å²) in [6.07, 6.45) is 2.14. The van der Waals surface area contributed by atoms with Gasteiger partial charge in [-0.05, 0) is 37.5 Å². The van der Waals surface area contributed by atoms with Crippen LogP contribution in [0.25, 0.3) is 0 Å². The minimum absolute atomic E-state index is 0.00985. The van der Waals surface area contributed by atoms with Gasteiger partial charge < -0.3 is 4.90 Å². The average molecular weight is 327 g/mol. The second-order valence-electron chi connectivity index (χ2n) is 5.42. The molecule has 0 saturated carbocycles. The molecule has 2 atom stereocenters. The first-order chi connectivity index (χ1) is 10.0. The zero-order valence-corrected chi connectivity index (χ0v) is 13.2. The fourth-order valence-electron chi connectivity index (χ4n) is 3.22. The van der Waals surface area contributed by atoms with Crippen LogP contribution in [0, 0.1) is 0 Å². The minimum Gasteiger partial charge on any atom is -0.329 e. The number of carbonyl (C=O) groups is 2. The first kappa shape index (κ1) is 14.7. The van der Waals surface area contributed by atoms with Gasteiger partial charge in [0, 0.05) is 11.6 Å². The maximum atomic E-state index is 12.8. The lowest BCUT2D eigenvalue weighted by Crippen LogP contribution is -2.63. The van der Waals surface area contributed by atoms with Crippen molar-refractivity contribution in [3.63, 3.8) is 0 Å². The molecule has 0 aromatic heterocycles. The Morgan fingerprint density at radius 1 is 1.24 bits per heavy atom. The number of hydrogen-bond donors (Lipinski definition) is 0.